The lowest BCUT2D eigenvalue weighted by Crippen LogP contribution is -2.33. The van der Waals surface area contributed by atoms with Crippen LogP contribution in [0.25, 0.3) is 11.2 Å². The van der Waals surface area contributed by atoms with E-state index in [1.54, 1.807) is 16.8 Å². The molecule has 1 aliphatic heterocycles. The molecule has 2 aromatic rings. The zero-order chi connectivity index (χ0) is 13.6. The first kappa shape index (κ1) is 12.7. The fraction of sp³-hybridized carbons (Fsp3) is 0.455. The van der Waals surface area contributed by atoms with Gasteiger partial charge in [-0.25, -0.2) is 4.98 Å². The molecule has 1 saturated heterocycles. The Balaban J connectivity index is 2.06. The number of hydrogen-bond acceptors (Lipinski definition) is 6. The third-order valence-corrected chi connectivity index (χ3v) is 3.60. The molecule has 102 valence electrons. The number of aliphatic hydroxyl groups excluding tert-OH is 3. The van der Waals surface area contributed by atoms with Gasteiger partial charge in [0.15, 0.2) is 6.23 Å². The first-order valence-corrected chi connectivity index (χ1v) is 6.21. The fourth-order valence-electron chi connectivity index (χ4n) is 2.26. The van der Waals surface area contributed by atoms with Gasteiger partial charge >= 0.3 is 0 Å². The van der Waals surface area contributed by atoms with Crippen LogP contribution in [0.1, 0.15) is 6.23 Å². The average Bonchev–Trinajstić information content (AvgIpc) is 2.94. The molecule has 0 aromatic carbocycles. The van der Waals surface area contributed by atoms with Gasteiger partial charge in [0.1, 0.15) is 29.5 Å². The molecule has 0 aliphatic carbocycles. The van der Waals surface area contributed by atoms with Crippen molar-refractivity contribution in [2.45, 2.75) is 24.5 Å². The highest BCUT2D eigenvalue weighted by molar-refractivity contribution is 7.71. The van der Waals surface area contributed by atoms with Crippen LogP contribution in [0.4, 0.5) is 0 Å². The highest BCUT2D eigenvalue weighted by atomic mass is 32.1. The summed E-state index contributed by atoms with van der Waals surface area (Å²) in [6, 6.07) is 1.71. The van der Waals surface area contributed by atoms with Gasteiger partial charge in [-0.1, -0.05) is 12.2 Å². The number of nitrogens with one attached hydrogen (secondary N) is 1. The summed E-state index contributed by atoms with van der Waals surface area (Å²) in [5.41, 5.74) is 1.19. The van der Waals surface area contributed by atoms with E-state index in [9.17, 15) is 10.2 Å². The smallest absolute Gasteiger partial charge is 0.165 e. The summed E-state index contributed by atoms with van der Waals surface area (Å²) >= 11 is 5.15. The lowest BCUT2D eigenvalue weighted by atomic mass is 10.1. The molecule has 1 aliphatic rings. The zero-order valence-electron chi connectivity index (χ0n) is 9.80. The number of aromatic amines is 1. The first-order chi connectivity index (χ1) is 9.13. The largest absolute Gasteiger partial charge is 0.394 e. The standard InChI is InChI=1S/C11H13N3O4S/c15-3-5-8(16)9(17)11(18-5)14-4-13-7-6(19)1-2-12-10(7)14/h1-2,4-5,8-9,11,15-17H,3H2,(H,12,19)/t5-,8+,9-,11-/m1/s1. The predicted molar refractivity (Wildman–Crippen MR) is 67.9 cm³/mol. The number of hydrogen-bond donors (Lipinski definition) is 4. The second-order valence-corrected chi connectivity index (χ2v) is 4.86. The summed E-state index contributed by atoms with van der Waals surface area (Å²) in [6.07, 6.45) is -0.758. The monoisotopic (exact) mass is 283 g/mol. The Bertz CT molecular complexity index is 655. The maximum atomic E-state index is 9.98. The van der Waals surface area contributed by atoms with Gasteiger partial charge in [0.25, 0.3) is 0 Å². The predicted octanol–water partition coefficient (Wildman–Crippen LogP) is -0.295. The van der Waals surface area contributed by atoms with Crippen LogP contribution in [-0.2, 0) is 4.74 Å². The van der Waals surface area contributed by atoms with Crippen LogP contribution in [0.3, 0.4) is 0 Å². The number of fused-ring (bicyclic) bond motifs is 1. The lowest BCUT2D eigenvalue weighted by molar-refractivity contribution is -0.0511. The van der Waals surface area contributed by atoms with E-state index >= 15 is 0 Å². The molecule has 2 aromatic heterocycles. The van der Waals surface area contributed by atoms with Gasteiger partial charge in [-0.05, 0) is 6.07 Å². The van der Waals surface area contributed by atoms with Crippen LogP contribution < -0.4 is 0 Å². The van der Waals surface area contributed by atoms with Crippen LogP contribution in [0.15, 0.2) is 18.6 Å². The zero-order valence-corrected chi connectivity index (χ0v) is 10.6. The highest BCUT2D eigenvalue weighted by Crippen LogP contribution is 2.31. The van der Waals surface area contributed by atoms with Crippen molar-refractivity contribution in [1.29, 1.82) is 0 Å². The van der Waals surface area contributed by atoms with Crippen molar-refractivity contribution in [2.75, 3.05) is 6.61 Å². The number of aliphatic hydroxyl groups is 3. The molecular formula is C11H13N3O4S. The Hall–Kier alpha value is -1.32. The van der Waals surface area contributed by atoms with Gasteiger partial charge in [0.2, 0.25) is 0 Å². The molecule has 8 heteroatoms. The van der Waals surface area contributed by atoms with Crippen LogP contribution >= 0.6 is 12.2 Å². The number of ether oxygens (including phenoxy) is 1. The quantitative estimate of drug-likeness (QED) is 0.565. The topological polar surface area (TPSA) is 104 Å². The Morgan fingerprint density at radius 2 is 2.21 bits per heavy atom. The second kappa shape index (κ2) is 4.66. The molecule has 19 heavy (non-hydrogen) atoms. The van der Waals surface area contributed by atoms with Crippen molar-refractivity contribution in [2.24, 2.45) is 0 Å². The van der Waals surface area contributed by atoms with Crippen molar-refractivity contribution in [3.63, 3.8) is 0 Å². The third kappa shape index (κ3) is 1.88. The van der Waals surface area contributed by atoms with Gasteiger partial charge in [-0.3, -0.25) is 4.57 Å². The van der Waals surface area contributed by atoms with Gasteiger partial charge in [0, 0.05) is 6.20 Å². The van der Waals surface area contributed by atoms with Crippen LogP contribution in [0.5, 0.6) is 0 Å². The van der Waals surface area contributed by atoms with Crippen LogP contribution in [-0.4, -0.2) is 54.8 Å². The SMILES string of the molecule is OC[C@H]1O[C@@H](n2cnc3c(=S)cc[nH]c32)[C@H](O)[C@H]1O. The fourth-order valence-corrected chi connectivity index (χ4v) is 2.48. The summed E-state index contributed by atoms with van der Waals surface area (Å²) in [6.45, 7) is -0.364. The van der Waals surface area contributed by atoms with E-state index in [0.717, 1.165) is 0 Å². The normalized spacial score (nSPS) is 31.1. The highest BCUT2D eigenvalue weighted by Gasteiger charge is 2.43. The summed E-state index contributed by atoms with van der Waals surface area (Å²) in [5, 5.41) is 28.8. The molecule has 0 radical (unpaired) electrons. The minimum atomic E-state index is -1.14. The summed E-state index contributed by atoms with van der Waals surface area (Å²) in [7, 11) is 0. The van der Waals surface area contributed by atoms with Crippen LogP contribution in [0.2, 0.25) is 0 Å². The Kier molecular flexibility index (Phi) is 3.11. The Labute approximate surface area is 113 Å². The molecule has 3 rings (SSSR count). The van der Waals surface area contributed by atoms with Crippen molar-refractivity contribution >= 4 is 23.4 Å². The number of rotatable bonds is 2. The van der Waals surface area contributed by atoms with Crippen molar-refractivity contribution in [1.82, 2.24) is 14.5 Å². The van der Waals surface area contributed by atoms with Gasteiger partial charge in [0.05, 0.1) is 17.4 Å². The molecule has 0 amide bonds. The van der Waals surface area contributed by atoms with E-state index < -0.39 is 24.5 Å². The Morgan fingerprint density at radius 3 is 2.89 bits per heavy atom. The van der Waals surface area contributed by atoms with Gasteiger partial charge < -0.3 is 25.0 Å². The lowest BCUT2D eigenvalue weighted by Gasteiger charge is -2.16. The van der Waals surface area contributed by atoms with E-state index in [2.05, 4.69) is 9.97 Å². The average molecular weight is 283 g/mol. The molecule has 0 saturated carbocycles. The molecule has 4 N–H and O–H groups in total. The summed E-state index contributed by atoms with van der Waals surface area (Å²) in [5.74, 6) is 0. The van der Waals surface area contributed by atoms with Crippen molar-refractivity contribution in [3.05, 3.63) is 23.1 Å². The Morgan fingerprint density at radius 1 is 1.42 bits per heavy atom. The summed E-state index contributed by atoms with van der Waals surface area (Å²) in [4.78, 5) is 7.15. The minimum absolute atomic E-state index is 0.364. The molecular weight excluding hydrogens is 270 g/mol. The molecule has 0 spiro atoms. The van der Waals surface area contributed by atoms with Crippen molar-refractivity contribution in [3.8, 4) is 0 Å². The maximum Gasteiger partial charge on any atom is 0.165 e. The van der Waals surface area contributed by atoms with E-state index in [4.69, 9.17) is 22.1 Å². The molecule has 3 heterocycles. The van der Waals surface area contributed by atoms with E-state index in [-0.39, 0.29) is 6.61 Å². The first-order valence-electron chi connectivity index (χ1n) is 5.80. The number of aromatic nitrogens is 3. The number of nitrogens with zero attached hydrogens (tertiary/aromatic N) is 2. The minimum Gasteiger partial charge on any atom is -0.394 e. The number of imidazole rings is 1. The maximum absolute atomic E-state index is 9.98. The van der Waals surface area contributed by atoms with E-state index in [1.165, 1.54) is 6.33 Å². The molecule has 0 bridgehead atoms. The summed E-state index contributed by atoms with van der Waals surface area (Å²) < 4.78 is 7.59. The number of H-pyrrole nitrogens is 1. The number of pyridine rings is 1. The molecule has 7 nitrogen and oxygen atoms in total. The van der Waals surface area contributed by atoms with E-state index in [0.29, 0.717) is 15.7 Å². The van der Waals surface area contributed by atoms with Crippen molar-refractivity contribution < 1.29 is 20.1 Å². The van der Waals surface area contributed by atoms with Gasteiger partial charge in [-0.15, -0.1) is 0 Å². The second-order valence-electron chi connectivity index (χ2n) is 4.42. The van der Waals surface area contributed by atoms with Crippen LogP contribution in [0, 0.1) is 4.51 Å². The van der Waals surface area contributed by atoms with E-state index in [1.807, 2.05) is 0 Å². The van der Waals surface area contributed by atoms with Gasteiger partial charge in [-0.2, -0.15) is 0 Å². The molecule has 1 fully saturated rings. The molecule has 0 unspecified atom stereocenters. The third-order valence-electron chi connectivity index (χ3n) is 3.27. The molecule has 4 atom stereocenters.